The van der Waals surface area contributed by atoms with Crippen molar-refractivity contribution in [3.63, 3.8) is 0 Å². The van der Waals surface area contributed by atoms with Crippen molar-refractivity contribution in [1.82, 2.24) is 29.5 Å². The third kappa shape index (κ3) is 14.5. The number of hydrogen-bond acceptors (Lipinski definition) is 10. The van der Waals surface area contributed by atoms with Crippen LogP contribution in [0, 0.1) is 10.8 Å². The van der Waals surface area contributed by atoms with Gasteiger partial charge in [0.2, 0.25) is 0 Å². The summed E-state index contributed by atoms with van der Waals surface area (Å²) in [4.78, 5) is 42.5. The van der Waals surface area contributed by atoms with Crippen molar-refractivity contribution in [1.29, 1.82) is 0 Å². The number of aliphatic carboxylic acids is 1. The second-order valence-corrected chi connectivity index (χ2v) is 23.8. The van der Waals surface area contributed by atoms with E-state index in [-0.39, 0.29) is 37.6 Å². The van der Waals surface area contributed by atoms with E-state index in [0.29, 0.717) is 66.3 Å². The molecule has 20 heteroatoms. The Balaban J connectivity index is 0.000000272. The minimum absolute atomic E-state index is 0.0283. The van der Waals surface area contributed by atoms with Gasteiger partial charge in [0.1, 0.15) is 59.6 Å². The molecule has 13 nitrogen and oxygen atoms in total. The van der Waals surface area contributed by atoms with Crippen molar-refractivity contribution in [2.45, 2.75) is 98.1 Å². The van der Waals surface area contributed by atoms with Gasteiger partial charge in [-0.15, -0.1) is 0 Å². The first-order valence-corrected chi connectivity index (χ1v) is 26.8. The second kappa shape index (κ2) is 23.6. The van der Waals surface area contributed by atoms with Crippen molar-refractivity contribution in [2.24, 2.45) is 10.8 Å². The number of pyridine rings is 2. The lowest BCUT2D eigenvalue weighted by Gasteiger charge is -2.28. The van der Waals surface area contributed by atoms with Crippen LogP contribution < -0.4 is 9.47 Å². The number of carboxylic acids is 1. The number of benzene rings is 2. The van der Waals surface area contributed by atoms with E-state index in [0.717, 1.165) is 29.6 Å². The number of aromatic nitrogens is 6. The Morgan fingerprint density at radius 2 is 1.15 bits per heavy atom. The summed E-state index contributed by atoms with van der Waals surface area (Å²) in [6.45, 7) is 14.9. The van der Waals surface area contributed by atoms with Gasteiger partial charge in [0.25, 0.3) is 0 Å². The molecule has 0 atom stereocenters. The zero-order chi connectivity index (χ0) is 52.2. The van der Waals surface area contributed by atoms with E-state index in [1.54, 1.807) is 60.7 Å². The average Bonchev–Trinajstić information content (AvgIpc) is 4.04. The molecule has 71 heavy (non-hydrogen) atoms. The molecule has 4 heterocycles. The number of aromatic amines is 1. The van der Waals surface area contributed by atoms with Gasteiger partial charge >= 0.3 is 24.3 Å². The third-order valence-electron chi connectivity index (χ3n) is 12.3. The van der Waals surface area contributed by atoms with Crippen LogP contribution >= 0.6 is 0 Å². The lowest BCUT2D eigenvalue weighted by Crippen LogP contribution is -2.37. The summed E-state index contributed by atoms with van der Waals surface area (Å²) in [7, 11) is 0.0468. The third-order valence-corrected chi connectivity index (χ3v) is 14.0. The number of carbonyl (C=O) groups is 2. The molecule has 6 rings (SSSR count). The first-order valence-electron chi connectivity index (χ1n) is 23.1. The van der Waals surface area contributed by atoms with Crippen LogP contribution in [0.5, 0.6) is 11.5 Å². The van der Waals surface area contributed by atoms with Crippen LogP contribution in [-0.2, 0) is 38.1 Å². The lowest BCUT2D eigenvalue weighted by atomic mass is 9.83. The number of ether oxygens (including phenoxy) is 4. The van der Waals surface area contributed by atoms with Crippen molar-refractivity contribution < 1.29 is 60.0 Å². The van der Waals surface area contributed by atoms with E-state index in [9.17, 15) is 41.0 Å². The predicted molar refractivity (Wildman–Crippen MR) is 259 cm³/mol. The summed E-state index contributed by atoms with van der Waals surface area (Å²) in [5, 5.41) is 9.49. The SMILES string of the molecule is CCC(CC)(COc1ccc(-c2ccc(-c3nc(C(F)(F)F)cn3COCC[Si](C)(C)C)cn2)cc1)C(=O)OC.CCC(CC)(COc1ccc(-c2ccc(-c3ncc(C(F)(F)F)[nH]3)cn2)cc1)C(=O)O. The molecule has 0 bridgehead atoms. The number of esters is 1. The molecular weight excluding hydrogens is 951 g/mol. The predicted octanol–water partition coefficient (Wildman–Crippen LogP) is 12.7. The number of imidazole rings is 2. The zero-order valence-corrected chi connectivity index (χ0v) is 42.0. The van der Waals surface area contributed by atoms with Crippen molar-refractivity contribution in [2.75, 3.05) is 26.9 Å². The van der Waals surface area contributed by atoms with Gasteiger partial charge in [-0.2, -0.15) is 26.3 Å². The highest BCUT2D eigenvalue weighted by Crippen LogP contribution is 2.34. The van der Waals surface area contributed by atoms with E-state index in [1.165, 1.54) is 24.1 Å². The highest BCUT2D eigenvalue weighted by molar-refractivity contribution is 6.76. The largest absolute Gasteiger partial charge is 0.492 e. The fraction of sp³-hybridized carbons (Fsp3) is 0.412. The minimum atomic E-state index is -4.57. The van der Waals surface area contributed by atoms with Gasteiger partial charge in [0, 0.05) is 55.5 Å². The molecule has 0 radical (unpaired) electrons. The van der Waals surface area contributed by atoms with E-state index >= 15 is 0 Å². The number of carbonyl (C=O) groups excluding carboxylic acids is 1. The molecule has 0 aliphatic heterocycles. The maximum atomic E-state index is 13.4. The highest BCUT2D eigenvalue weighted by atomic mass is 28.3. The van der Waals surface area contributed by atoms with Gasteiger partial charge in [-0.3, -0.25) is 19.6 Å². The van der Waals surface area contributed by atoms with E-state index < -0.39 is 48.6 Å². The molecular formula is C51H60F6N6O7Si. The van der Waals surface area contributed by atoms with Gasteiger partial charge in [-0.25, -0.2) is 9.97 Å². The molecule has 0 saturated heterocycles. The maximum absolute atomic E-state index is 13.4. The normalized spacial score (nSPS) is 12.3. The van der Waals surface area contributed by atoms with Crippen LogP contribution in [0.3, 0.4) is 0 Å². The van der Waals surface area contributed by atoms with Crippen LogP contribution in [0.4, 0.5) is 26.3 Å². The molecule has 0 unspecified atom stereocenters. The van der Waals surface area contributed by atoms with Gasteiger partial charge in [-0.05, 0) is 105 Å². The molecule has 0 aliphatic carbocycles. The first-order chi connectivity index (χ1) is 33.5. The van der Waals surface area contributed by atoms with E-state index in [2.05, 4.69) is 44.6 Å². The Kier molecular flexibility index (Phi) is 18.4. The number of rotatable bonds is 21. The number of nitrogens with one attached hydrogen (secondary N) is 1. The number of nitrogens with zero attached hydrogens (tertiary/aromatic N) is 5. The Labute approximate surface area is 410 Å². The Bertz CT molecular complexity index is 2640. The van der Waals surface area contributed by atoms with Crippen molar-refractivity contribution in [3.05, 3.63) is 109 Å². The molecule has 4 aromatic heterocycles. The monoisotopic (exact) mass is 1010 g/mol. The van der Waals surface area contributed by atoms with Gasteiger partial charge in [-0.1, -0.05) is 47.3 Å². The summed E-state index contributed by atoms with van der Waals surface area (Å²) < 4.78 is 102. The Morgan fingerprint density at radius 3 is 1.56 bits per heavy atom. The molecule has 6 aromatic rings. The second-order valence-electron chi connectivity index (χ2n) is 18.2. The average molecular weight is 1010 g/mol. The maximum Gasteiger partial charge on any atom is 0.434 e. The smallest absolute Gasteiger partial charge is 0.434 e. The first kappa shape index (κ1) is 55.4. The molecule has 382 valence electrons. The number of hydrogen-bond donors (Lipinski definition) is 2. The number of halogens is 6. The van der Waals surface area contributed by atoms with Crippen LogP contribution in [0.2, 0.25) is 25.7 Å². The highest BCUT2D eigenvalue weighted by Gasteiger charge is 2.38. The number of carboxylic acid groups (broad SMARTS) is 1. The summed E-state index contributed by atoms with van der Waals surface area (Å²) in [5.41, 5.74) is 0.216. The molecule has 0 fully saturated rings. The van der Waals surface area contributed by atoms with E-state index in [1.807, 2.05) is 39.8 Å². The molecule has 0 spiro atoms. The molecule has 2 aromatic carbocycles. The van der Waals surface area contributed by atoms with E-state index in [4.69, 9.17) is 18.9 Å². The summed E-state index contributed by atoms with van der Waals surface area (Å²) in [5.74, 6) is 0.208. The standard InChI is InChI=1S/C29H38F3N3O4Si.C22H22F3N3O3/c1-7-28(8-2,27(36)37-3)19-39-23-12-9-21(10-13-23)24-14-11-22(17-33-24)26-34-25(29(30,31)32)18-35(26)20-38-15-16-40(4,5)6;1-3-21(4-2,20(29)30)13-31-16-8-5-14(6-9-16)17-10-7-15(11-26-17)19-27-12-18(28-19)22(23,24)25/h9-14,17-18H,7-8,15-16,19-20H2,1-6H3;5-12H,3-4,13H2,1-2H3,(H,27,28)(H,29,30). The van der Waals surface area contributed by atoms with Gasteiger partial charge < -0.3 is 33.6 Å². The van der Waals surface area contributed by atoms with Crippen LogP contribution in [-0.4, -0.2) is 81.5 Å². The van der Waals surface area contributed by atoms with Crippen LogP contribution in [0.15, 0.2) is 97.6 Å². The fourth-order valence-electron chi connectivity index (χ4n) is 7.16. The van der Waals surface area contributed by atoms with Gasteiger partial charge in [0.05, 0.1) is 24.7 Å². The minimum Gasteiger partial charge on any atom is -0.492 e. The zero-order valence-electron chi connectivity index (χ0n) is 41.0. The summed E-state index contributed by atoms with van der Waals surface area (Å²) in [6.07, 6.45) is -2.26. The topological polar surface area (TPSA) is 164 Å². The number of alkyl halides is 6. The van der Waals surface area contributed by atoms with Crippen molar-refractivity contribution >= 4 is 20.0 Å². The fourth-order valence-corrected chi connectivity index (χ4v) is 7.92. The Morgan fingerprint density at radius 1 is 0.662 bits per heavy atom. The summed E-state index contributed by atoms with van der Waals surface area (Å²) in [6, 6.07) is 21.9. The molecule has 0 aliphatic rings. The summed E-state index contributed by atoms with van der Waals surface area (Å²) >= 11 is 0. The quantitative estimate of drug-likeness (QED) is 0.0305. The lowest BCUT2D eigenvalue weighted by molar-refractivity contribution is -0.155. The van der Waals surface area contributed by atoms with Gasteiger partial charge in [0.15, 0.2) is 5.69 Å². The van der Waals surface area contributed by atoms with Crippen LogP contribution in [0.1, 0.15) is 64.8 Å². The number of H-pyrrole nitrogens is 1. The number of methoxy groups -OCH3 is 1. The molecule has 2 N–H and O–H groups in total. The van der Waals surface area contributed by atoms with Crippen molar-refractivity contribution in [3.8, 4) is 56.8 Å². The Hall–Kier alpha value is -6.54. The molecule has 0 amide bonds. The van der Waals surface area contributed by atoms with Crippen LogP contribution in [0.25, 0.3) is 45.3 Å². The molecule has 0 saturated carbocycles.